The van der Waals surface area contributed by atoms with Gasteiger partial charge in [-0.3, -0.25) is 9.59 Å². The van der Waals surface area contributed by atoms with Crippen molar-refractivity contribution in [3.63, 3.8) is 0 Å². The summed E-state index contributed by atoms with van der Waals surface area (Å²) in [4.78, 5) is 26.8. The fourth-order valence-corrected chi connectivity index (χ4v) is 4.03. The molecule has 1 saturated heterocycles. The summed E-state index contributed by atoms with van der Waals surface area (Å²) >= 11 is 0. The van der Waals surface area contributed by atoms with Crippen LogP contribution in [0.3, 0.4) is 0 Å². The van der Waals surface area contributed by atoms with Gasteiger partial charge in [-0.15, -0.1) is 0 Å². The van der Waals surface area contributed by atoms with E-state index in [2.05, 4.69) is 5.32 Å². The maximum Gasteiger partial charge on any atom is 0.254 e. The number of fused-ring (bicyclic) bond motifs is 1. The van der Waals surface area contributed by atoms with Crippen LogP contribution in [0.2, 0.25) is 0 Å². The zero-order valence-electron chi connectivity index (χ0n) is 16.5. The number of amides is 2. The van der Waals surface area contributed by atoms with Gasteiger partial charge in [-0.1, -0.05) is 42.5 Å². The number of halogens is 1. The van der Waals surface area contributed by atoms with Gasteiger partial charge in [0.2, 0.25) is 5.91 Å². The highest BCUT2D eigenvalue weighted by Crippen LogP contribution is 2.33. The predicted molar refractivity (Wildman–Crippen MR) is 112 cm³/mol. The van der Waals surface area contributed by atoms with E-state index in [9.17, 15) is 14.0 Å². The Balaban J connectivity index is 1.73. The number of hydrogen-bond donors (Lipinski definition) is 1. The van der Waals surface area contributed by atoms with Crippen LogP contribution in [0.1, 0.15) is 22.3 Å². The Morgan fingerprint density at radius 1 is 1.07 bits per heavy atom. The summed E-state index contributed by atoms with van der Waals surface area (Å²) in [5.41, 5.74) is 2.88. The second-order valence-corrected chi connectivity index (χ2v) is 7.52. The Kier molecular flexibility index (Phi) is 5.05. The summed E-state index contributed by atoms with van der Waals surface area (Å²) in [5.74, 6) is -0.509. The van der Waals surface area contributed by atoms with Gasteiger partial charge >= 0.3 is 0 Å². The second-order valence-electron chi connectivity index (χ2n) is 7.52. The van der Waals surface area contributed by atoms with Crippen molar-refractivity contribution in [2.75, 3.05) is 20.1 Å². The highest BCUT2D eigenvalue weighted by molar-refractivity contribution is 6.11. The van der Waals surface area contributed by atoms with E-state index in [0.717, 1.165) is 21.9 Å². The van der Waals surface area contributed by atoms with Crippen molar-refractivity contribution in [3.8, 4) is 11.1 Å². The first-order valence-electron chi connectivity index (χ1n) is 9.78. The first kappa shape index (κ1) is 19.1. The SMILES string of the molecule is CNC(=O)C1CCN(C(=O)c2ccc(-c3ccc(C)c(F)c3)c3ccccc23)C1. The largest absolute Gasteiger partial charge is 0.359 e. The van der Waals surface area contributed by atoms with Gasteiger partial charge in [0.15, 0.2) is 0 Å². The molecule has 5 heteroatoms. The average molecular weight is 390 g/mol. The van der Waals surface area contributed by atoms with E-state index in [1.807, 2.05) is 42.5 Å². The van der Waals surface area contributed by atoms with Crippen LogP contribution in [0.5, 0.6) is 0 Å². The molecule has 3 aromatic rings. The molecule has 0 aliphatic carbocycles. The van der Waals surface area contributed by atoms with Gasteiger partial charge in [-0.2, -0.15) is 0 Å². The van der Waals surface area contributed by atoms with Crippen molar-refractivity contribution < 1.29 is 14.0 Å². The lowest BCUT2D eigenvalue weighted by molar-refractivity contribution is -0.124. The van der Waals surface area contributed by atoms with E-state index >= 15 is 0 Å². The first-order valence-corrected chi connectivity index (χ1v) is 9.78. The van der Waals surface area contributed by atoms with Crippen molar-refractivity contribution in [2.24, 2.45) is 5.92 Å². The van der Waals surface area contributed by atoms with Crippen LogP contribution >= 0.6 is 0 Å². The molecule has 0 saturated carbocycles. The summed E-state index contributed by atoms with van der Waals surface area (Å²) in [7, 11) is 1.62. The van der Waals surface area contributed by atoms with Crippen LogP contribution in [-0.4, -0.2) is 36.9 Å². The molecular formula is C24H23FN2O2. The monoisotopic (exact) mass is 390 g/mol. The topological polar surface area (TPSA) is 49.4 Å². The molecule has 4 rings (SSSR count). The summed E-state index contributed by atoms with van der Waals surface area (Å²) in [6.45, 7) is 2.73. The molecule has 1 heterocycles. The van der Waals surface area contributed by atoms with Gasteiger partial charge in [0, 0.05) is 25.7 Å². The average Bonchev–Trinajstić information content (AvgIpc) is 3.24. The fourth-order valence-electron chi connectivity index (χ4n) is 4.03. The highest BCUT2D eigenvalue weighted by atomic mass is 19.1. The van der Waals surface area contributed by atoms with Crippen LogP contribution in [0.15, 0.2) is 54.6 Å². The van der Waals surface area contributed by atoms with Crippen molar-refractivity contribution in [1.82, 2.24) is 10.2 Å². The van der Waals surface area contributed by atoms with Gasteiger partial charge in [0.1, 0.15) is 5.82 Å². The van der Waals surface area contributed by atoms with Gasteiger partial charge in [0.05, 0.1) is 5.92 Å². The summed E-state index contributed by atoms with van der Waals surface area (Å²) in [6.07, 6.45) is 0.671. The smallest absolute Gasteiger partial charge is 0.254 e. The minimum atomic E-state index is -0.246. The molecule has 1 N–H and O–H groups in total. The minimum absolute atomic E-state index is 0.0260. The Bertz CT molecular complexity index is 1110. The van der Waals surface area contributed by atoms with Crippen LogP contribution in [0.4, 0.5) is 4.39 Å². The molecule has 1 fully saturated rings. The Hall–Kier alpha value is -3.21. The highest BCUT2D eigenvalue weighted by Gasteiger charge is 2.31. The molecule has 1 aliphatic heterocycles. The molecule has 0 bridgehead atoms. The number of benzene rings is 3. The molecule has 148 valence electrons. The van der Waals surface area contributed by atoms with E-state index in [1.165, 1.54) is 6.07 Å². The van der Waals surface area contributed by atoms with Crippen molar-refractivity contribution in [3.05, 3.63) is 71.5 Å². The number of likely N-dealkylation sites (tertiary alicyclic amines) is 1. The quantitative estimate of drug-likeness (QED) is 0.730. The van der Waals surface area contributed by atoms with Crippen molar-refractivity contribution in [2.45, 2.75) is 13.3 Å². The maximum absolute atomic E-state index is 14.1. The lowest BCUT2D eigenvalue weighted by atomic mass is 9.94. The molecule has 1 aliphatic rings. The van der Waals surface area contributed by atoms with Gasteiger partial charge in [0.25, 0.3) is 5.91 Å². The molecule has 0 radical (unpaired) electrons. The molecule has 0 spiro atoms. The lowest BCUT2D eigenvalue weighted by Crippen LogP contribution is -2.33. The standard InChI is InChI=1S/C24H23FN2O2/c1-15-7-8-16(13-22(15)25)18-9-10-21(20-6-4-3-5-19(18)20)24(29)27-12-11-17(14-27)23(28)26-2/h3-10,13,17H,11-12,14H2,1-2H3,(H,26,28). The van der Waals surface area contributed by atoms with Gasteiger partial charge in [-0.25, -0.2) is 4.39 Å². The summed E-state index contributed by atoms with van der Waals surface area (Å²) in [6, 6.07) is 16.6. The number of nitrogens with one attached hydrogen (secondary N) is 1. The number of carbonyl (C=O) groups excluding carboxylic acids is 2. The van der Waals surface area contributed by atoms with E-state index < -0.39 is 0 Å². The molecule has 2 amide bonds. The molecular weight excluding hydrogens is 367 g/mol. The Labute approximate surface area is 169 Å². The normalized spacial score (nSPS) is 16.2. The van der Waals surface area contributed by atoms with E-state index in [1.54, 1.807) is 24.9 Å². The summed E-state index contributed by atoms with van der Waals surface area (Å²) < 4.78 is 14.1. The number of carbonyl (C=O) groups is 2. The van der Waals surface area contributed by atoms with Gasteiger partial charge in [-0.05, 0) is 52.9 Å². The Morgan fingerprint density at radius 2 is 1.83 bits per heavy atom. The number of hydrogen-bond acceptors (Lipinski definition) is 2. The number of aryl methyl sites for hydroxylation is 1. The first-order chi connectivity index (χ1) is 14.0. The molecule has 29 heavy (non-hydrogen) atoms. The zero-order valence-corrected chi connectivity index (χ0v) is 16.5. The molecule has 1 atom stereocenters. The summed E-state index contributed by atoms with van der Waals surface area (Å²) in [5, 5.41) is 4.40. The van der Waals surface area contributed by atoms with E-state index in [4.69, 9.17) is 0 Å². The fraction of sp³-hybridized carbons (Fsp3) is 0.250. The maximum atomic E-state index is 14.1. The third-order valence-corrected chi connectivity index (χ3v) is 5.73. The van der Waals surface area contributed by atoms with Crippen molar-refractivity contribution in [1.29, 1.82) is 0 Å². The number of rotatable bonds is 3. The molecule has 4 nitrogen and oxygen atoms in total. The van der Waals surface area contributed by atoms with Crippen LogP contribution in [-0.2, 0) is 4.79 Å². The third-order valence-electron chi connectivity index (χ3n) is 5.73. The van der Waals surface area contributed by atoms with E-state index in [-0.39, 0.29) is 23.5 Å². The predicted octanol–water partition coefficient (Wildman–Crippen LogP) is 4.16. The van der Waals surface area contributed by atoms with Crippen LogP contribution in [0, 0.1) is 18.7 Å². The third kappa shape index (κ3) is 3.48. The van der Waals surface area contributed by atoms with E-state index in [0.29, 0.717) is 30.6 Å². The van der Waals surface area contributed by atoms with Crippen LogP contribution in [0.25, 0.3) is 21.9 Å². The Morgan fingerprint density at radius 3 is 2.55 bits per heavy atom. The second kappa shape index (κ2) is 7.66. The number of nitrogens with zero attached hydrogens (tertiary/aromatic N) is 1. The van der Waals surface area contributed by atoms with Crippen LogP contribution < -0.4 is 5.32 Å². The molecule has 3 aromatic carbocycles. The molecule has 1 unspecified atom stereocenters. The minimum Gasteiger partial charge on any atom is -0.359 e. The van der Waals surface area contributed by atoms with Crippen molar-refractivity contribution >= 4 is 22.6 Å². The lowest BCUT2D eigenvalue weighted by Gasteiger charge is -2.19. The molecule has 0 aromatic heterocycles. The van der Waals surface area contributed by atoms with Gasteiger partial charge < -0.3 is 10.2 Å². The zero-order chi connectivity index (χ0) is 20.5.